The molecule has 0 bridgehead atoms. The number of aromatic nitrogens is 2. The van der Waals surface area contributed by atoms with Crippen molar-refractivity contribution in [1.82, 2.24) is 15.1 Å². The van der Waals surface area contributed by atoms with Crippen molar-refractivity contribution < 1.29 is 4.74 Å². The molecule has 0 atom stereocenters. The summed E-state index contributed by atoms with van der Waals surface area (Å²) < 4.78 is 7.48. The van der Waals surface area contributed by atoms with Gasteiger partial charge < -0.3 is 10.1 Å². The standard InChI is InChI=1S/C9H15N3O/c1-7(2)13-9-5-11-12(6-9)8-3-10-4-8/h5-8,10H,3-4H2,1-2H3. The Kier molecular flexibility index (Phi) is 2.22. The molecule has 4 heteroatoms. The molecule has 0 aromatic carbocycles. The molecule has 2 rings (SSSR count). The topological polar surface area (TPSA) is 39.1 Å². The van der Waals surface area contributed by atoms with Crippen molar-refractivity contribution >= 4 is 0 Å². The number of nitrogens with zero attached hydrogens (tertiary/aromatic N) is 2. The fourth-order valence-corrected chi connectivity index (χ4v) is 1.31. The highest BCUT2D eigenvalue weighted by Crippen LogP contribution is 2.16. The predicted octanol–water partition coefficient (Wildman–Crippen LogP) is 0.815. The quantitative estimate of drug-likeness (QED) is 0.750. The third-order valence-electron chi connectivity index (χ3n) is 2.08. The van der Waals surface area contributed by atoms with Gasteiger partial charge in [0.25, 0.3) is 0 Å². The number of ether oxygens (including phenoxy) is 1. The molecular weight excluding hydrogens is 166 g/mol. The van der Waals surface area contributed by atoms with E-state index in [2.05, 4.69) is 10.4 Å². The van der Waals surface area contributed by atoms with Gasteiger partial charge in [-0.1, -0.05) is 0 Å². The monoisotopic (exact) mass is 181 g/mol. The van der Waals surface area contributed by atoms with E-state index in [4.69, 9.17) is 4.74 Å². The highest BCUT2D eigenvalue weighted by atomic mass is 16.5. The van der Waals surface area contributed by atoms with Crippen LogP contribution in [0.4, 0.5) is 0 Å². The first-order valence-electron chi connectivity index (χ1n) is 4.67. The van der Waals surface area contributed by atoms with Crippen molar-refractivity contribution in [1.29, 1.82) is 0 Å². The summed E-state index contributed by atoms with van der Waals surface area (Å²) in [5.41, 5.74) is 0. The normalized spacial score (nSPS) is 17.5. The van der Waals surface area contributed by atoms with Crippen LogP contribution in [-0.2, 0) is 0 Å². The third-order valence-corrected chi connectivity index (χ3v) is 2.08. The Bertz CT molecular complexity index is 278. The molecule has 1 fully saturated rings. The van der Waals surface area contributed by atoms with Crippen molar-refractivity contribution in [2.45, 2.75) is 26.0 Å². The van der Waals surface area contributed by atoms with E-state index >= 15 is 0 Å². The van der Waals surface area contributed by atoms with E-state index in [1.54, 1.807) is 6.20 Å². The zero-order valence-corrected chi connectivity index (χ0v) is 8.03. The summed E-state index contributed by atoms with van der Waals surface area (Å²) in [6.07, 6.45) is 3.96. The maximum Gasteiger partial charge on any atom is 0.157 e. The summed E-state index contributed by atoms with van der Waals surface area (Å²) in [4.78, 5) is 0. The summed E-state index contributed by atoms with van der Waals surface area (Å²) in [5, 5.41) is 7.45. The molecule has 1 aromatic rings. The zero-order valence-electron chi connectivity index (χ0n) is 8.03. The molecule has 1 aromatic heterocycles. The van der Waals surface area contributed by atoms with Gasteiger partial charge in [0.05, 0.1) is 24.5 Å². The van der Waals surface area contributed by atoms with E-state index in [0.717, 1.165) is 18.8 Å². The van der Waals surface area contributed by atoms with Crippen LogP contribution in [0.1, 0.15) is 19.9 Å². The summed E-state index contributed by atoms with van der Waals surface area (Å²) in [6, 6.07) is 0.518. The van der Waals surface area contributed by atoms with Gasteiger partial charge in [0.2, 0.25) is 0 Å². The number of hydrogen-bond donors (Lipinski definition) is 1. The predicted molar refractivity (Wildman–Crippen MR) is 49.9 cm³/mol. The Morgan fingerprint density at radius 2 is 2.38 bits per heavy atom. The molecule has 4 nitrogen and oxygen atoms in total. The van der Waals surface area contributed by atoms with Crippen LogP contribution in [-0.4, -0.2) is 29.0 Å². The Hall–Kier alpha value is -1.03. The second kappa shape index (κ2) is 3.38. The van der Waals surface area contributed by atoms with E-state index in [0.29, 0.717) is 6.04 Å². The number of nitrogens with one attached hydrogen (secondary N) is 1. The van der Waals surface area contributed by atoms with Crippen LogP contribution in [0.3, 0.4) is 0 Å². The Balaban J connectivity index is 2.00. The SMILES string of the molecule is CC(C)Oc1cnn(C2CNC2)c1. The average molecular weight is 181 g/mol. The van der Waals surface area contributed by atoms with Gasteiger partial charge in [-0.05, 0) is 13.8 Å². The largest absolute Gasteiger partial charge is 0.488 e. The molecule has 0 saturated carbocycles. The molecule has 0 unspecified atom stereocenters. The minimum absolute atomic E-state index is 0.220. The lowest BCUT2D eigenvalue weighted by Crippen LogP contribution is -2.43. The number of hydrogen-bond acceptors (Lipinski definition) is 3. The van der Waals surface area contributed by atoms with Crippen LogP contribution in [0.2, 0.25) is 0 Å². The number of rotatable bonds is 3. The molecule has 0 spiro atoms. The Morgan fingerprint density at radius 3 is 2.92 bits per heavy atom. The Labute approximate surface area is 77.9 Å². The van der Waals surface area contributed by atoms with Gasteiger partial charge in [0, 0.05) is 13.1 Å². The minimum Gasteiger partial charge on any atom is -0.488 e. The van der Waals surface area contributed by atoms with E-state index in [1.807, 2.05) is 24.7 Å². The third kappa shape index (κ3) is 1.83. The van der Waals surface area contributed by atoms with E-state index in [9.17, 15) is 0 Å². The van der Waals surface area contributed by atoms with Gasteiger partial charge in [-0.15, -0.1) is 0 Å². The lowest BCUT2D eigenvalue weighted by Gasteiger charge is -2.26. The van der Waals surface area contributed by atoms with Crippen LogP contribution >= 0.6 is 0 Å². The molecule has 13 heavy (non-hydrogen) atoms. The highest BCUT2D eigenvalue weighted by Gasteiger charge is 2.19. The van der Waals surface area contributed by atoms with Gasteiger partial charge in [-0.3, -0.25) is 4.68 Å². The van der Waals surface area contributed by atoms with Crippen LogP contribution in [0.15, 0.2) is 12.4 Å². The van der Waals surface area contributed by atoms with Crippen LogP contribution < -0.4 is 10.1 Å². The maximum atomic E-state index is 5.51. The smallest absolute Gasteiger partial charge is 0.157 e. The molecule has 0 aliphatic carbocycles. The van der Waals surface area contributed by atoms with E-state index < -0.39 is 0 Å². The van der Waals surface area contributed by atoms with Crippen molar-refractivity contribution in [3.05, 3.63) is 12.4 Å². The van der Waals surface area contributed by atoms with Gasteiger partial charge >= 0.3 is 0 Å². The molecule has 1 aliphatic rings. The molecule has 1 saturated heterocycles. The Morgan fingerprint density at radius 1 is 1.62 bits per heavy atom. The van der Waals surface area contributed by atoms with Crippen molar-refractivity contribution in [3.63, 3.8) is 0 Å². The van der Waals surface area contributed by atoms with Crippen molar-refractivity contribution in [2.24, 2.45) is 0 Å². The fourth-order valence-electron chi connectivity index (χ4n) is 1.31. The van der Waals surface area contributed by atoms with Gasteiger partial charge in [-0.25, -0.2) is 0 Å². The van der Waals surface area contributed by atoms with Gasteiger partial charge in [0.1, 0.15) is 0 Å². The van der Waals surface area contributed by atoms with Crippen molar-refractivity contribution in [3.8, 4) is 5.75 Å². The lowest BCUT2D eigenvalue weighted by atomic mass is 10.2. The fraction of sp³-hybridized carbons (Fsp3) is 0.667. The van der Waals surface area contributed by atoms with Crippen LogP contribution in [0, 0.1) is 0 Å². The van der Waals surface area contributed by atoms with E-state index in [1.165, 1.54) is 0 Å². The summed E-state index contributed by atoms with van der Waals surface area (Å²) in [6.45, 7) is 6.07. The first-order valence-corrected chi connectivity index (χ1v) is 4.67. The van der Waals surface area contributed by atoms with Crippen LogP contribution in [0.25, 0.3) is 0 Å². The van der Waals surface area contributed by atoms with Gasteiger partial charge in [-0.2, -0.15) is 5.10 Å². The van der Waals surface area contributed by atoms with Crippen molar-refractivity contribution in [2.75, 3.05) is 13.1 Å². The molecule has 2 heterocycles. The first kappa shape index (κ1) is 8.56. The van der Waals surface area contributed by atoms with Gasteiger partial charge in [0.15, 0.2) is 5.75 Å². The molecular formula is C9H15N3O. The molecule has 1 N–H and O–H groups in total. The molecule has 0 amide bonds. The molecule has 1 aliphatic heterocycles. The van der Waals surface area contributed by atoms with E-state index in [-0.39, 0.29) is 6.10 Å². The van der Waals surface area contributed by atoms with Crippen LogP contribution in [0.5, 0.6) is 5.75 Å². The lowest BCUT2D eigenvalue weighted by molar-refractivity contribution is 0.241. The zero-order chi connectivity index (χ0) is 9.26. The highest BCUT2D eigenvalue weighted by molar-refractivity contribution is 5.13. The summed E-state index contributed by atoms with van der Waals surface area (Å²) in [7, 11) is 0. The first-order chi connectivity index (χ1) is 6.25. The summed E-state index contributed by atoms with van der Waals surface area (Å²) >= 11 is 0. The molecule has 72 valence electrons. The summed E-state index contributed by atoms with van der Waals surface area (Å²) in [5.74, 6) is 0.863. The average Bonchev–Trinajstić information content (AvgIpc) is 2.31. The second-order valence-corrected chi connectivity index (χ2v) is 3.63. The maximum absolute atomic E-state index is 5.51. The second-order valence-electron chi connectivity index (χ2n) is 3.63. The minimum atomic E-state index is 0.220. The molecule has 0 radical (unpaired) electrons.